The van der Waals surface area contributed by atoms with Gasteiger partial charge in [-0.3, -0.25) is 4.98 Å². The van der Waals surface area contributed by atoms with Crippen LogP contribution in [0.15, 0.2) is 18.5 Å². The predicted octanol–water partition coefficient (Wildman–Crippen LogP) is 0.611. The van der Waals surface area contributed by atoms with Gasteiger partial charge < -0.3 is 20.5 Å². The lowest BCUT2D eigenvalue weighted by Crippen LogP contribution is -2.45. The summed E-state index contributed by atoms with van der Waals surface area (Å²) in [6, 6.07) is 0.0296. The Morgan fingerprint density at radius 1 is 1.56 bits per heavy atom. The average Bonchev–Trinajstić information content (AvgIpc) is 2.31. The van der Waals surface area contributed by atoms with Gasteiger partial charge in [-0.2, -0.15) is 0 Å². The first kappa shape index (κ1) is 13.9. The summed E-state index contributed by atoms with van der Waals surface area (Å²) < 4.78 is 4.70. The number of aryl methyl sites for hydroxylation is 1. The Morgan fingerprint density at radius 2 is 2.28 bits per heavy atom. The fourth-order valence-corrected chi connectivity index (χ4v) is 1.25. The second-order valence-corrected chi connectivity index (χ2v) is 3.64. The number of carboxylic acids is 1. The van der Waals surface area contributed by atoms with Crippen molar-refractivity contribution in [1.82, 2.24) is 10.3 Å². The molecule has 1 aromatic rings. The highest BCUT2D eigenvalue weighted by Gasteiger charge is 2.19. The first-order chi connectivity index (χ1) is 8.54. The maximum absolute atomic E-state index is 11.6. The van der Waals surface area contributed by atoms with E-state index in [2.05, 4.69) is 15.6 Å². The standard InChI is InChI=1S/C11H15N3O4/c1-7-3-4-12-5-8(7)13-11(17)14-9(6-18-2)10(15)16/h3-5,9H,6H2,1-2H3,(H,15,16)(H2,13,14,17). The highest BCUT2D eigenvalue weighted by molar-refractivity contribution is 5.92. The molecule has 7 nitrogen and oxygen atoms in total. The molecule has 7 heteroatoms. The number of methoxy groups -OCH3 is 1. The number of hydrogen-bond acceptors (Lipinski definition) is 4. The van der Waals surface area contributed by atoms with Crippen LogP contribution in [0.1, 0.15) is 5.56 Å². The van der Waals surface area contributed by atoms with Crippen LogP contribution in [0, 0.1) is 6.92 Å². The minimum absolute atomic E-state index is 0.102. The Morgan fingerprint density at radius 3 is 2.83 bits per heavy atom. The molecule has 3 N–H and O–H groups in total. The number of anilines is 1. The van der Waals surface area contributed by atoms with E-state index in [0.29, 0.717) is 5.69 Å². The van der Waals surface area contributed by atoms with Crippen molar-refractivity contribution in [2.24, 2.45) is 0 Å². The first-order valence-electron chi connectivity index (χ1n) is 5.24. The summed E-state index contributed by atoms with van der Waals surface area (Å²) in [5, 5.41) is 13.7. The number of pyridine rings is 1. The van der Waals surface area contributed by atoms with Crippen LogP contribution in [0.3, 0.4) is 0 Å². The van der Waals surface area contributed by atoms with Gasteiger partial charge in [-0.15, -0.1) is 0 Å². The summed E-state index contributed by atoms with van der Waals surface area (Å²) >= 11 is 0. The second-order valence-electron chi connectivity index (χ2n) is 3.64. The van der Waals surface area contributed by atoms with E-state index in [1.165, 1.54) is 13.3 Å². The molecule has 0 saturated heterocycles. The molecule has 0 fully saturated rings. The van der Waals surface area contributed by atoms with Gasteiger partial charge in [0.15, 0.2) is 6.04 Å². The molecule has 0 aliphatic carbocycles. The van der Waals surface area contributed by atoms with Crippen molar-refractivity contribution < 1.29 is 19.4 Å². The number of carboxylic acid groups (broad SMARTS) is 1. The lowest BCUT2D eigenvalue weighted by molar-refractivity contribution is -0.140. The third-order valence-corrected chi connectivity index (χ3v) is 2.22. The Labute approximate surface area is 104 Å². The molecule has 0 saturated carbocycles. The number of nitrogens with zero attached hydrogens (tertiary/aromatic N) is 1. The number of ether oxygens (including phenoxy) is 1. The number of carbonyl (C=O) groups is 2. The van der Waals surface area contributed by atoms with Gasteiger partial charge in [-0.05, 0) is 18.6 Å². The van der Waals surface area contributed by atoms with Crippen LogP contribution >= 0.6 is 0 Å². The number of urea groups is 1. The Bertz CT molecular complexity index is 436. The van der Waals surface area contributed by atoms with E-state index in [-0.39, 0.29) is 6.61 Å². The summed E-state index contributed by atoms with van der Waals surface area (Å²) in [5.41, 5.74) is 1.36. The maximum Gasteiger partial charge on any atom is 0.328 e. The first-order valence-corrected chi connectivity index (χ1v) is 5.24. The largest absolute Gasteiger partial charge is 0.480 e. The molecule has 1 unspecified atom stereocenters. The molecule has 0 bridgehead atoms. The number of amides is 2. The van der Waals surface area contributed by atoms with E-state index in [4.69, 9.17) is 9.84 Å². The molecule has 0 aliphatic heterocycles. The van der Waals surface area contributed by atoms with Gasteiger partial charge >= 0.3 is 12.0 Å². The van der Waals surface area contributed by atoms with Crippen molar-refractivity contribution in [3.63, 3.8) is 0 Å². The SMILES string of the molecule is COCC(NC(=O)Nc1cnccc1C)C(=O)O. The minimum Gasteiger partial charge on any atom is -0.480 e. The van der Waals surface area contributed by atoms with E-state index in [9.17, 15) is 9.59 Å². The zero-order valence-electron chi connectivity index (χ0n) is 10.1. The molecule has 0 spiro atoms. The molecule has 0 aliphatic rings. The monoisotopic (exact) mass is 253 g/mol. The predicted molar refractivity (Wildman–Crippen MR) is 64.4 cm³/mol. The number of nitrogens with one attached hydrogen (secondary N) is 2. The summed E-state index contributed by atoms with van der Waals surface area (Å²) in [6.07, 6.45) is 3.09. The van der Waals surface area contributed by atoms with Crippen molar-refractivity contribution >= 4 is 17.7 Å². The third-order valence-electron chi connectivity index (χ3n) is 2.22. The molecule has 98 valence electrons. The molecule has 1 rings (SSSR count). The normalized spacial score (nSPS) is 11.7. The topological polar surface area (TPSA) is 101 Å². The van der Waals surface area contributed by atoms with Gasteiger partial charge in [0.2, 0.25) is 0 Å². The lowest BCUT2D eigenvalue weighted by Gasteiger charge is -2.14. The van der Waals surface area contributed by atoms with E-state index in [0.717, 1.165) is 5.56 Å². The van der Waals surface area contributed by atoms with E-state index < -0.39 is 18.0 Å². The fourth-order valence-electron chi connectivity index (χ4n) is 1.25. The van der Waals surface area contributed by atoms with Crippen LogP contribution in [0.2, 0.25) is 0 Å². The van der Waals surface area contributed by atoms with Crippen LogP contribution in [0.5, 0.6) is 0 Å². The molecule has 18 heavy (non-hydrogen) atoms. The summed E-state index contributed by atoms with van der Waals surface area (Å²) in [5.74, 6) is -1.16. The number of aromatic nitrogens is 1. The number of hydrogen-bond donors (Lipinski definition) is 3. The highest BCUT2D eigenvalue weighted by atomic mass is 16.5. The molecular weight excluding hydrogens is 238 g/mol. The van der Waals surface area contributed by atoms with Gasteiger partial charge in [0, 0.05) is 13.3 Å². The Kier molecular flexibility index (Phi) is 5.06. The van der Waals surface area contributed by atoms with Gasteiger partial charge in [0.25, 0.3) is 0 Å². The van der Waals surface area contributed by atoms with Crippen LogP contribution in [0.25, 0.3) is 0 Å². The average molecular weight is 253 g/mol. The summed E-state index contributed by atoms with van der Waals surface area (Å²) in [4.78, 5) is 26.3. The van der Waals surface area contributed by atoms with Crippen molar-refractivity contribution in [2.45, 2.75) is 13.0 Å². The number of carbonyl (C=O) groups excluding carboxylic acids is 1. The third kappa shape index (κ3) is 4.02. The van der Waals surface area contributed by atoms with Crippen LogP contribution in [0.4, 0.5) is 10.5 Å². The quantitative estimate of drug-likeness (QED) is 0.713. The van der Waals surface area contributed by atoms with Crippen molar-refractivity contribution in [1.29, 1.82) is 0 Å². The van der Waals surface area contributed by atoms with Crippen LogP contribution in [-0.4, -0.2) is 41.8 Å². The zero-order chi connectivity index (χ0) is 13.5. The van der Waals surface area contributed by atoms with E-state index >= 15 is 0 Å². The number of rotatable bonds is 5. The van der Waals surface area contributed by atoms with E-state index in [1.54, 1.807) is 19.2 Å². The van der Waals surface area contributed by atoms with Gasteiger partial charge in [-0.25, -0.2) is 9.59 Å². The molecular formula is C11H15N3O4. The number of aliphatic carboxylic acids is 1. The van der Waals surface area contributed by atoms with Gasteiger partial charge in [0.05, 0.1) is 18.5 Å². The lowest BCUT2D eigenvalue weighted by atomic mass is 10.2. The molecule has 1 aromatic heterocycles. The smallest absolute Gasteiger partial charge is 0.328 e. The minimum atomic E-state index is -1.16. The molecule has 0 aromatic carbocycles. The highest BCUT2D eigenvalue weighted by Crippen LogP contribution is 2.10. The van der Waals surface area contributed by atoms with Gasteiger partial charge in [0.1, 0.15) is 0 Å². The fraction of sp³-hybridized carbons (Fsp3) is 0.364. The molecule has 0 radical (unpaired) electrons. The van der Waals surface area contributed by atoms with Crippen molar-refractivity contribution in [3.05, 3.63) is 24.0 Å². The van der Waals surface area contributed by atoms with Crippen molar-refractivity contribution in [2.75, 3.05) is 19.0 Å². The summed E-state index contributed by atoms with van der Waals surface area (Å²) in [7, 11) is 1.36. The van der Waals surface area contributed by atoms with Crippen LogP contribution in [-0.2, 0) is 9.53 Å². The molecule has 1 atom stereocenters. The molecule has 1 heterocycles. The van der Waals surface area contributed by atoms with Gasteiger partial charge in [-0.1, -0.05) is 0 Å². The van der Waals surface area contributed by atoms with Crippen molar-refractivity contribution in [3.8, 4) is 0 Å². The molecule has 2 amide bonds. The second kappa shape index (κ2) is 6.55. The van der Waals surface area contributed by atoms with Crippen LogP contribution < -0.4 is 10.6 Å². The Hall–Kier alpha value is -2.15. The maximum atomic E-state index is 11.6. The van der Waals surface area contributed by atoms with E-state index in [1.807, 2.05) is 0 Å². The summed E-state index contributed by atoms with van der Waals surface area (Å²) in [6.45, 7) is 1.70. The zero-order valence-corrected chi connectivity index (χ0v) is 10.1. The Balaban J connectivity index is 2.61.